The third-order valence-electron chi connectivity index (χ3n) is 2.69. The van der Waals surface area contributed by atoms with Crippen molar-refractivity contribution in [3.8, 4) is 5.75 Å². The van der Waals surface area contributed by atoms with Gasteiger partial charge in [-0.2, -0.15) is 0 Å². The van der Waals surface area contributed by atoms with Crippen molar-refractivity contribution >= 4 is 12.4 Å². The van der Waals surface area contributed by atoms with Crippen molar-refractivity contribution in [1.82, 2.24) is 4.98 Å². The van der Waals surface area contributed by atoms with Crippen molar-refractivity contribution in [3.05, 3.63) is 53.9 Å². The zero-order chi connectivity index (χ0) is 13.9. The van der Waals surface area contributed by atoms with E-state index in [4.69, 9.17) is 4.74 Å². The number of hydrogen-bond donors (Lipinski definition) is 0. The van der Waals surface area contributed by atoms with Gasteiger partial charge in [-0.15, -0.1) is 5.46 Å². The Balaban J connectivity index is 0.00000200. The Morgan fingerprint density at radius 3 is 2.50 bits per heavy atom. The Bertz CT molecular complexity index is 563. The summed E-state index contributed by atoms with van der Waals surface area (Å²) in [7, 11) is 0. The standard InChI is InChI=1S/C13H12BF3NO.K/c1-10-7-12(14(15,16)17)4-5-13(10)19-9-11-3-2-6-18-8-11;/h2-8H,9H2,1H3;/q-1;+1. The van der Waals surface area contributed by atoms with E-state index < -0.39 is 12.4 Å². The molecule has 0 spiro atoms. The number of aryl methyl sites for hydroxylation is 1. The van der Waals surface area contributed by atoms with Gasteiger partial charge in [0, 0.05) is 18.0 Å². The van der Waals surface area contributed by atoms with Crippen LogP contribution in [-0.4, -0.2) is 12.0 Å². The van der Waals surface area contributed by atoms with Gasteiger partial charge in [0.15, 0.2) is 0 Å². The maximum Gasteiger partial charge on any atom is 1.00 e. The second kappa shape index (κ2) is 7.61. The van der Waals surface area contributed by atoms with E-state index >= 15 is 0 Å². The van der Waals surface area contributed by atoms with Gasteiger partial charge in [0.05, 0.1) is 0 Å². The first-order chi connectivity index (χ1) is 8.97. The van der Waals surface area contributed by atoms with Crippen molar-refractivity contribution in [1.29, 1.82) is 0 Å². The number of aromatic nitrogens is 1. The molecule has 0 aliphatic heterocycles. The van der Waals surface area contributed by atoms with Crippen LogP contribution in [0.15, 0.2) is 42.7 Å². The van der Waals surface area contributed by atoms with Gasteiger partial charge in [0.2, 0.25) is 0 Å². The molecule has 0 aliphatic carbocycles. The van der Waals surface area contributed by atoms with Gasteiger partial charge in [0.25, 0.3) is 0 Å². The zero-order valence-corrected chi connectivity index (χ0v) is 14.4. The quantitative estimate of drug-likeness (QED) is 0.744. The number of benzene rings is 1. The smallest absolute Gasteiger partial charge is 0.489 e. The van der Waals surface area contributed by atoms with E-state index in [9.17, 15) is 12.9 Å². The van der Waals surface area contributed by atoms with Crippen LogP contribution in [0.3, 0.4) is 0 Å². The van der Waals surface area contributed by atoms with Gasteiger partial charge in [-0.05, 0) is 24.6 Å². The molecule has 0 N–H and O–H groups in total. The summed E-state index contributed by atoms with van der Waals surface area (Å²) in [4.78, 5) is 3.94. The van der Waals surface area contributed by atoms with E-state index in [1.165, 1.54) is 6.07 Å². The van der Waals surface area contributed by atoms with Crippen molar-refractivity contribution in [2.75, 3.05) is 0 Å². The van der Waals surface area contributed by atoms with Crippen LogP contribution in [0.5, 0.6) is 5.75 Å². The first-order valence-corrected chi connectivity index (χ1v) is 5.79. The fraction of sp³-hybridized carbons (Fsp3) is 0.154. The molecule has 0 aliphatic rings. The van der Waals surface area contributed by atoms with E-state index in [-0.39, 0.29) is 58.0 Å². The normalized spacial score (nSPS) is 10.8. The molecule has 0 radical (unpaired) electrons. The van der Waals surface area contributed by atoms with Gasteiger partial charge < -0.3 is 17.7 Å². The van der Waals surface area contributed by atoms with Crippen LogP contribution >= 0.6 is 0 Å². The van der Waals surface area contributed by atoms with Crippen LogP contribution < -0.4 is 61.6 Å². The van der Waals surface area contributed by atoms with E-state index in [1.54, 1.807) is 25.4 Å². The minimum Gasteiger partial charge on any atom is -0.489 e. The number of halogens is 3. The van der Waals surface area contributed by atoms with Crippen molar-refractivity contribution in [2.24, 2.45) is 0 Å². The van der Waals surface area contributed by atoms with Gasteiger partial charge in [-0.25, -0.2) is 0 Å². The van der Waals surface area contributed by atoms with Gasteiger partial charge in [-0.1, -0.05) is 18.2 Å². The number of hydrogen-bond acceptors (Lipinski definition) is 2. The molecule has 1 heterocycles. The second-order valence-corrected chi connectivity index (χ2v) is 4.25. The minimum atomic E-state index is -4.96. The first-order valence-electron chi connectivity index (χ1n) is 5.79. The third-order valence-corrected chi connectivity index (χ3v) is 2.69. The average Bonchev–Trinajstić information content (AvgIpc) is 2.37. The van der Waals surface area contributed by atoms with Gasteiger partial charge >= 0.3 is 58.4 Å². The largest absolute Gasteiger partial charge is 1.00 e. The fourth-order valence-corrected chi connectivity index (χ4v) is 1.68. The summed E-state index contributed by atoms with van der Waals surface area (Å²) in [5.74, 6) is 0.452. The van der Waals surface area contributed by atoms with Crippen LogP contribution in [0.1, 0.15) is 11.1 Å². The minimum absolute atomic E-state index is 0. The van der Waals surface area contributed by atoms with Crippen LogP contribution in [0.2, 0.25) is 0 Å². The molecule has 0 unspecified atom stereocenters. The Morgan fingerprint density at radius 2 is 1.95 bits per heavy atom. The monoisotopic (exact) mass is 305 g/mol. The molecule has 0 saturated heterocycles. The Kier molecular flexibility index (Phi) is 6.74. The van der Waals surface area contributed by atoms with Crippen LogP contribution in [-0.2, 0) is 6.61 Å². The van der Waals surface area contributed by atoms with E-state index in [0.29, 0.717) is 11.3 Å². The Labute approximate surface area is 158 Å². The summed E-state index contributed by atoms with van der Waals surface area (Å²) in [6.07, 6.45) is 3.30. The van der Waals surface area contributed by atoms with E-state index in [2.05, 4.69) is 4.98 Å². The number of nitrogens with zero attached hydrogens (tertiary/aromatic N) is 1. The molecule has 0 atom stereocenters. The molecule has 0 bridgehead atoms. The van der Waals surface area contributed by atoms with Crippen LogP contribution in [0.25, 0.3) is 0 Å². The summed E-state index contributed by atoms with van der Waals surface area (Å²) in [6, 6.07) is 7.14. The molecule has 0 amide bonds. The number of rotatable bonds is 4. The fourth-order valence-electron chi connectivity index (χ4n) is 1.68. The number of ether oxygens (including phenoxy) is 1. The molecular weight excluding hydrogens is 293 g/mol. The summed E-state index contributed by atoms with van der Waals surface area (Å²) in [6.45, 7) is -3.08. The molecule has 1 aromatic carbocycles. The summed E-state index contributed by atoms with van der Waals surface area (Å²) in [5.41, 5.74) is 0.734. The molecular formula is C13H12BF3KNO. The molecule has 2 nitrogen and oxygen atoms in total. The maximum atomic E-state index is 12.6. The molecule has 2 aromatic rings. The SMILES string of the molecule is Cc1cc([B-](F)(F)F)ccc1OCc1cccnc1.[K+]. The third kappa shape index (κ3) is 4.89. The predicted octanol–water partition coefficient (Wildman–Crippen LogP) is 0.0274. The molecule has 2 rings (SSSR count). The molecule has 20 heavy (non-hydrogen) atoms. The zero-order valence-electron chi connectivity index (χ0n) is 11.3. The first kappa shape index (κ1) is 17.7. The van der Waals surface area contributed by atoms with Crippen molar-refractivity contribution in [2.45, 2.75) is 13.5 Å². The predicted molar refractivity (Wildman–Crippen MR) is 68.5 cm³/mol. The summed E-state index contributed by atoms with van der Waals surface area (Å²) < 4.78 is 43.2. The molecule has 7 heteroatoms. The molecule has 100 valence electrons. The van der Waals surface area contributed by atoms with E-state index in [0.717, 1.165) is 17.7 Å². The molecule has 0 saturated carbocycles. The average molecular weight is 305 g/mol. The molecule has 0 fully saturated rings. The Hall–Kier alpha value is -0.339. The number of pyridine rings is 1. The van der Waals surface area contributed by atoms with Gasteiger partial charge in [-0.3, -0.25) is 4.98 Å². The second-order valence-electron chi connectivity index (χ2n) is 4.25. The molecule has 1 aromatic heterocycles. The van der Waals surface area contributed by atoms with E-state index in [1.807, 2.05) is 6.07 Å². The van der Waals surface area contributed by atoms with Crippen molar-refractivity contribution in [3.63, 3.8) is 0 Å². The van der Waals surface area contributed by atoms with Gasteiger partial charge in [0.1, 0.15) is 12.4 Å². The van der Waals surface area contributed by atoms with Crippen LogP contribution in [0, 0.1) is 6.92 Å². The maximum absolute atomic E-state index is 12.6. The Morgan fingerprint density at radius 1 is 1.20 bits per heavy atom. The van der Waals surface area contributed by atoms with Crippen LogP contribution in [0.4, 0.5) is 12.9 Å². The summed E-state index contributed by atoms with van der Waals surface area (Å²) in [5, 5.41) is 0. The van der Waals surface area contributed by atoms with Crippen molar-refractivity contribution < 1.29 is 69.1 Å². The topological polar surface area (TPSA) is 22.1 Å². The summed E-state index contributed by atoms with van der Waals surface area (Å²) >= 11 is 0.